The van der Waals surface area contributed by atoms with Gasteiger partial charge >= 0.3 is 0 Å². The van der Waals surface area contributed by atoms with Gasteiger partial charge < -0.3 is 19.9 Å². The van der Waals surface area contributed by atoms with Gasteiger partial charge in [-0.15, -0.1) is 0 Å². The summed E-state index contributed by atoms with van der Waals surface area (Å²) in [6, 6.07) is 8.71. The normalized spacial score (nSPS) is 14.9. The molecule has 170 valence electrons. The summed E-state index contributed by atoms with van der Waals surface area (Å²) in [6.45, 7) is 6.64. The van der Waals surface area contributed by atoms with Gasteiger partial charge in [0.15, 0.2) is 5.78 Å². The Morgan fingerprint density at radius 3 is 2.66 bits per heavy atom. The number of nitrogens with one attached hydrogen (secondary N) is 1. The average Bonchev–Trinajstić information content (AvgIpc) is 3.19. The minimum absolute atomic E-state index is 0.351. The van der Waals surface area contributed by atoms with Crippen molar-refractivity contribution in [3.8, 4) is 0 Å². The largest absolute Gasteiger partial charge is 0.388 e. The number of hydrogen-bond donors (Lipinski definition) is 2. The molecular formula is C25H33N5O2. The zero-order chi connectivity index (χ0) is 22.3. The number of ketones is 1. The third-order valence-corrected chi connectivity index (χ3v) is 6.34. The van der Waals surface area contributed by atoms with Crippen molar-refractivity contribution in [2.75, 3.05) is 37.7 Å². The third kappa shape index (κ3) is 5.16. The molecule has 3 heterocycles. The standard InChI is InChI=1S/C25H33N5O2/c1-2-11-30-17-20(22-5-3-4-6-23(22)30)7-10-26-14-19-8-12-29(13-9-19)25-27-15-21(16-28-25)24(32)18-31/h3-6,15-17,19,26,31H,2,7-14,18H2,1H3. The molecule has 0 spiro atoms. The van der Waals surface area contributed by atoms with Crippen molar-refractivity contribution in [1.29, 1.82) is 0 Å². The predicted octanol–water partition coefficient (Wildman–Crippen LogP) is 3.07. The van der Waals surface area contributed by atoms with Gasteiger partial charge in [-0.3, -0.25) is 4.79 Å². The number of para-hydroxylation sites is 1. The van der Waals surface area contributed by atoms with E-state index in [1.54, 1.807) is 0 Å². The molecule has 1 saturated heterocycles. The van der Waals surface area contributed by atoms with E-state index in [-0.39, 0.29) is 5.78 Å². The second kappa shape index (κ2) is 10.7. The van der Waals surface area contributed by atoms with Crippen LogP contribution in [-0.4, -0.2) is 58.2 Å². The molecule has 0 saturated carbocycles. The quantitative estimate of drug-likeness (QED) is 0.376. The van der Waals surface area contributed by atoms with E-state index in [9.17, 15) is 4.79 Å². The molecule has 0 amide bonds. The van der Waals surface area contributed by atoms with Crippen LogP contribution in [0.1, 0.15) is 42.1 Å². The number of aryl methyl sites for hydroxylation is 1. The van der Waals surface area contributed by atoms with E-state index in [0.717, 1.165) is 58.4 Å². The van der Waals surface area contributed by atoms with Crippen LogP contribution in [0.25, 0.3) is 10.9 Å². The Hall–Kier alpha value is -2.77. The van der Waals surface area contributed by atoms with Gasteiger partial charge in [-0.05, 0) is 56.3 Å². The Balaban J connectivity index is 1.22. The lowest BCUT2D eigenvalue weighted by Gasteiger charge is -2.32. The Kier molecular flexibility index (Phi) is 7.50. The Bertz CT molecular complexity index is 1020. The van der Waals surface area contributed by atoms with E-state index in [1.807, 2.05) is 0 Å². The monoisotopic (exact) mass is 435 g/mol. The molecule has 0 bridgehead atoms. The lowest BCUT2D eigenvalue weighted by Crippen LogP contribution is -2.38. The highest BCUT2D eigenvalue weighted by atomic mass is 16.3. The number of rotatable bonds is 10. The van der Waals surface area contributed by atoms with Crippen LogP contribution in [0.15, 0.2) is 42.9 Å². The zero-order valence-corrected chi connectivity index (χ0v) is 18.8. The highest BCUT2D eigenvalue weighted by Crippen LogP contribution is 2.23. The molecule has 0 unspecified atom stereocenters. The number of piperidine rings is 1. The number of hydrogen-bond acceptors (Lipinski definition) is 6. The maximum atomic E-state index is 11.5. The molecule has 2 N–H and O–H groups in total. The number of carbonyl (C=O) groups is 1. The third-order valence-electron chi connectivity index (χ3n) is 6.34. The first-order valence-electron chi connectivity index (χ1n) is 11.7. The topological polar surface area (TPSA) is 83.3 Å². The smallest absolute Gasteiger partial charge is 0.225 e. The summed E-state index contributed by atoms with van der Waals surface area (Å²) in [5, 5.41) is 14.0. The van der Waals surface area contributed by atoms with Gasteiger partial charge in [-0.25, -0.2) is 9.97 Å². The summed E-state index contributed by atoms with van der Waals surface area (Å²) in [5.41, 5.74) is 3.12. The molecule has 7 nitrogen and oxygen atoms in total. The molecule has 1 fully saturated rings. The highest BCUT2D eigenvalue weighted by Gasteiger charge is 2.21. The van der Waals surface area contributed by atoms with Gasteiger partial charge in [0.1, 0.15) is 6.61 Å². The second-order valence-corrected chi connectivity index (χ2v) is 8.60. The summed E-state index contributed by atoms with van der Waals surface area (Å²) in [6.07, 6.45) is 9.73. The van der Waals surface area contributed by atoms with Crippen LogP contribution in [0.3, 0.4) is 0 Å². The Morgan fingerprint density at radius 1 is 1.19 bits per heavy atom. The molecule has 3 aromatic rings. The highest BCUT2D eigenvalue weighted by molar-refractivity contribution is 5.96. The van der Waals surface area contributed by atoms with Gasteiger partial charge in [0.25, 0.3) is 0 Å². The van der Waals surface area contributed by atoms with E-state index in [0.29, 0.717) is 17.4 Å². The number of aliphatic hydroxyl groups excluding tert-OH is 1. The van der Waals surface area contributed by atoms with Crippen molar-refractivity contribution in [1.82, 2.24) is 19.9 Å². The fourth-order valence-corrected chi connectivity index (χ4v) is 4.53. The first-order chi connectivity index (χ1) is 15.7. The number of nitrogens with zero attached hydrogens (tertiary/aromatic N) is 4. The zero-order valence-electron chi connectivity index (χ0n) is 18.8. The SMILES string of the molecule is CCCn1cc(CCNCC2CCN(c3ncc(C(=O)CO)cn3)CC2)c2ccccc21. The summed E-state index contributed by atoms with van der Waals surface area (Å²) < 4.78 is 2.38. The first-order valence-corrected chi connectivity index (χ1v) is 11.7. The Labute approximate surface area is 189 Å². The van der Waals surface area contributed by atoms with Crippen molar-refractivity contribution in [3.05, 3.63) is 54.0 Å². The van der Waals surface area contributed by atoms with E-state index in [4.69, 9.17) is 5.11 Å². The summed E-state index contributed by atoms with van der Waals surface area (Å²) in [7, 11) is 0. The van der Waals surface area contributed by atoms with Gasteiger partial charge in [0, 0.05) is 49.1 Å². The molecule has 0 aliphatic carbocycles. The van der Waals surface area contributed by atoms with Crippen LogP contribution in [-0.2, 0) is 13.0 Å². The van der Waals surface area contributed by atoms with Crippen LogP contribution in [0.2, 0.25) is 0 Å². The number of fused-ring (bicyclic) bond motifs is 1. The maximum absolute atomic E-state index is 11.5. The van der Waals surface area contributed by atoms with E-state index >= 15 is 0 Å². The van der Waals surface area contributed by atoms with Crippen molar-refractivity contribution in [2.24, 2.45) is 5.92 Å². The van der Waals surface area contributed by atoms with Gasteiger partial charge in [-0.1, -0.05) is 25.1 Å². The molecule has 32 heavy (non-hydrogen) atoms. The number of anilines is 1. The Morgan fingerprint density at radius 2 is 1.94 bits per heavy atom. The van der Waals surface area contributed by atoms with E-state index < -0.39 is 6.61 Å². The second-order valence-electron chi connectivity index (χ2n) is 8.60. The minimum atomic E-state index is -0.512. The molecule has 0 radical (unpaired) electrons. The molecule has 1 aliphatic rings. The number of Topliss-reactive ketones (excluding diaryl/α,β-unsaturated/α-hetero) is 1. The molecule has 1 aliphatic heterocycles. The van der Waals surface area contributed by atoms with Crippen LogP contribution in [0.5, 0.6) is 0 Å². The van der Waals surface area contributed by atoms with Crippen LogP contribution < -0.4 is 10.2 Å². The van der Waals surface area contributed by atoms with Crippen molar-refractivity contribution in [3.63, 3.8) is 0 Å². The number of aromatic nitrogens is 3. The number of benzene rings is 1. The van der Waals surface area contributed by atoms with E-state index in [1.165, 1.54) is 28.9 Å². The summed E-state index contributed by atoms with van der Waals surface area (Å²) >= 11 is 0. The minimum Gasteiger partial charge on any atom is -0.388 e. The molecule has 4 rings (SSSR count). The van der Waals surface area contributed by atoms with Crippen molar-refractivity contribution < 1.29 is 9.90 Å². The van der Waals surface area contributed by atoms with Crippen LogP contribution in [0, 0.1) is 5.92 Å². The molecular weight excluding hydrogens is 402 g/mol. The maximum Gasteiger partial charge on any atom is 0.225 e. The molecule has 1 aromatic carbocycles. The fourth-order valence-electron chi connectivity index (χ4n) is 4.53. The van der Waals surface area contributed by atoms with Crippen LogP contribution in [0.4, 0.5) is 5.95 Å². The lowest BCUT2D eigenvalue weighted by molar-refractivity contribution is 0.0903. The van der Waals surface area contributed by atoms with Gasteiger partial charge in [0.2, 0.25) is 5.95 Å². The lowest BCUT2D eigenvalue weighted by atomic mass is 9.97. The van der Waals surface area contributed by atoms with Gasteiger partial charge in [-0.2, -0.15) is 0 Å². The molecule has 0 atom stereocenters. The average molecular weight is 436 g/mol. The summed E-state index contributed by atoms with van der Waals surface area (Å²) in [5.74, 6) is 0.966. The fraction of sp³-hybridized carbons (Fsp3) is 0.480. The van der Waals surface area contributed by atoms with Crippen molar-refractivity contribution in [2.45, 2.75) is 39.2 Å². The van der Waals surface area contributed by atoms with Gasteiger partial charge in [0.05, 0.1) is 5.56 Å². The summed E-state index contributed by atoms with van der Waals surface area (Å²) in [4.78, 5) is 22.3. The van der Waals surface area contributed by atoms with Crippen molar-refractivity contribution >= 4 is 22.6 Å². The molecule has 7 heteroatoms. The number of aliphatic hydroxyl groups is 1. The number of carbonyl (C=O) groups excluding carboxylic acids is 1. The van der Waals surface area contributed by atoms with Crippen LogP contribution >= 0.6 is 0 Å². The van der Waals surface area contributed by atoms with E-state index in [2.05, 4.69) is 62.1 Å². The first kappa shape index (κ1) is 22.4. The predicted molar refractivity (Wildman–Crippen MR) is 127 cm³/mol. The molecule has 2 aromatic heterocycles.